The molecule has 5 rings (SSSR count). The van der Waals surface area contributed by atoms with Crippen LogP contribution in [0.5, 0.6) is 0 Å². The lowest BCUT2D eigenvalue weighted by Gasteiger charge is -2.42. The van der Waals surface area contributed by atoms with Crippen molar-refractivity contribution in [1.82, 2.24) is 26.2 Å². The molecule has 5 fully saturated rings. The summed E-state index contributed by atoms with van der Waals surface area (Å²) in [7, 11) is -3.62. The number of Topliss-reactive ketones (excluding diaryl/α,β-unsaturated/α-hetero) is 1. The van der Waals surface area contributed by atoms with E-state index in [-0.39, 0.29) is 36.3 Å². The molecule has 0 bridgehead atoms. The van der Waals surface area contributed by atoms with Gasteiger partial charge in [0.2, 0.25) is 17.6 Å². The first kappa shape index (κ1) is 43.0. The summed E-state index contributed by atoms with van der Waals surface area (Å²) < 4.78 is 32.3. The van der Waals surface area contributed by atoms with Crippen LogP contribution in [0.25, 0.3) is 0 Å². The fourth-order valence-corrected chi connectivity index (χ4v) is 11.1. The smallest absolute Gasteiger partial charge is 0.315 e. The number of carbonyl (C=O) groups excluding carboxylic acids is 5. The minimum absolute atomic E-state index is 0. The van der Waals surface area contributed by atoms with E-state index in [1.165, 1.54) is 0 Å². The van der Waals surface area contributed by atoms with Gasteiger partial charge in [-0.3, -0.25) is 19.2 Å². The number of ketones is 1. The van der Waals surface area contributed by atoms with Gasteiger partial charge in [0, 0.05) is 26.3 Å². The summed E-state index contributed by atoms with van der Waals surface area (Å²) in [4.78, 5) is 70.1. The first-order valence-electron chi connectivity index (χ1n) is 19.6. The Bertz CT molecular complexity index is 1490. The first-order valence-corrected chi connectivity index (χ1v) is 21.2. The van der Waals surface area contributed by atoms with Gasteiger partial charge < -0.3 is 30.9 Å². The van der Waals surface area contributed by atoms with E-state index in [0.717, 1.165) is 32.1 Å². The second-order valence-electron chi connectivity index (χ2n) is 18.3. The number of likely N-dealkylation sites (tertiary alicyclic amines) is 1. The molecular formula is C39H67N5O8S. The number of urea groups is 1. The van der Waals surface area contributed by atoms with E-state index in [9.17, 15) is 32.4 Å². The van der Waals surface area contributed by atoms with Gasteiger partial charge in [0.05, 0.1) is 22.1 Å². The Balaban J connectivity index is 0.00000627. The summed E-state index contributed by atoms with van der Waals surface area (Å²) in [6.45, 7) is 14.8. The highest BCUT2D eigenvalue weighted by Gasteiger charge is 2.70. The number of carbonyl (C=O) groups is 5. The monoisotopic (exact) mass is 765 g/mol. The molecule has 0 aromatic carbocycles. The topological polar surface area (TPSA) is 180 Å². The van der Waals surface area contributed by atoms with Gasteiger partial charge in [0.1, 0.15) is 12.1 Å². The zero-order chi connectivity index (χ0) is 38.3. The number of amides is 5. The highest BCUT2D eigenvalue weighted by atomic mass is 32.2. The number of hydrogen-bond donors (Lipinski definition) is 4. The SMILES string of the molecule is C.CCCNC(=O)C(=O)[C@H](CC1CC1)NC(=O)[C@@H]1[C@@H]2[C@H](CN1C(=O)[C@@H](NC(=O)NC1(CS(=O)(=O)C3(C)CCOCC3)CCCCC1)C(C)(C)C)C2(C)C. The Morgan fingerprint density at radius 3 is 2.11 bits per heavy atom. The molecule has 0 aromatic rings. The van der Waals surface area contributed by atoms with Crippen molar-refractivity contribution in [2.45, 2.75) is 155 Å². The predicted molar refractivity (Wildman–Crippen MR) is 204 cm³/mol. The molecular weight excluding hydrogens is 699 g/mol. The molecule has 14 heteroatoms. The Labute approximate surface area is 317 Å². The second kappa shape index (κ2) is 16.2. The molecule has 3 aliphatic carbocycles. The lowest BCUT2D eigenvalue weighted by atomic mass is 9.83. The fourth-order valence-electron chi connectivity index (χ4n) is 8.88. The van der Waals surface area contributed by atoms with Gasteiger partial charge >= 0.3 is 6.03 Å². The Hall–Kier alpha value is -2.74. The standard InChI is InChI=1S/C38H63N5O8S.CH4/c1-8-18-39-32(46)29(44)26(21-24-12-13-24)40-31(45)28-27-25(36(27,5)6)22-43(28)33(47)30(35(2,3)4)41-34(48)42-38(14-10-9-11-15-38)23-52(49,50)37(7)16-19-51-20-17-37;/h24-28,30H,8-23H2,1-7H3,(H,39,46)(H,40,45)(H2,41,42,48);1H4/t25-,26-,27-,28-,30+;/m0./s1. The van der Waals surface area contributed by atoms with E-state index in [1.807, 2.05) is 27.7 Å². The molecule has 0 unspecified atom stereocenters. The predicted octanol–water partition coefficient (Wildman–Crippen LogP) is 3.89. The maximum absolute atomic E-state index is 14.6. The molecule has 5 amide bonds. The molecule has 5 aliphatic rings. The van der Waals surface area contributed by atoms with E-state index >= 15 is 0 Å². The number of hydrogen-bond acceptors (Lipinski definition) is 8. The van der Waals surface area contributed by atoms with Crippen molar-refractivity contribution in [3.63, 3.8) is 0 Å². The van der Waals surface area contributed by atoms with Crippen LogP contribution in [0.15, 0.2) is 0 Å². The summed E-state index contributed by atoms with van der Waals surface area (Å²) in [6, 6.07) is -3.49. The first-order chi connectivity index (χ1) is 24.3. The van der Waals surface area contributed by atoms with Gasteiger partial charge in [0.15, 0.2) is 9.84 Å². The fraction of sp³-hybridized carbons (Fsp3) is 0.872. The van der Waals surface area contributed by atoms with Crippen molar-refractivity contribution in [3.05, 3.63) is 0 Å². The summed E-state index contributed by atoms with van der Waals surface area (Å²) in [5.41, 5.74) is -1.93. The highest BCUT2D eigenvalue weighted by Crippen LogP contribution is 2.65. The molecule has 5 atom stereocenters. The maximum atomic E-state index is 14.6. The van der Waals surface area contributed by atoms with Crippen LogP contribution in [0.3, 0.4) is 0 Å². The number of nitrogens with one attached hydrogen (secondary N) is 4. The van der Waals surface area contributed by atoms with Crippen molar-refractivity contribution in [2.75, 3.05) is 32.1 Å². The van der Waals surface area contributed by atoms with E-state index in [1.54, 1.807) is 11.8 Å². The van der Waals surface area contributed by atoms with Crippen LogP contribution < -0.4 is 21.3 Å². The third kappa shape index (κ3) is 9.39. The second-order valence-corrected chi connectivity index (χ2v) is 20.8. The van der Waals surface area contributed by atoms with E-state index in [4.69, 9.17) is 4.74 Å². The lowest BCUT2D eigenvalue weighted by molar-refractivity contribution is -0.145. The lowest BCUT2D eigenvalue weighted by Crippen LogP contribution is -2.64. The van der Waals surface area contributed by atoms with Crippen LogP contribution in [0.2, 0.25) is 0 Å². The molecule has 2 aliphatic heterocycles. The van der Waals surface area contributed by atoms with Crippen LogP contribution in [0.4, 0.5) is 4.79 Å². The van der Waals surface area contributed by atoms with E-state index in [2.05, 4.69) is 35.1 Å². The number of ether oxygens (including phenoxy) is 1. The number of piperidine rings is 1. The van der Waals surface area contributed by atoms with Crippen molar-refractivity contribution in [2.24, 2.45) is 28.6 Å². The molecule has 2 heterocycles. The summed E-state index contributed by atoms with van der Waals surface area (Å²) in [5, 5.41) is 11.5. The number of nitrogens with zero attached hydrogens (tertiary/aromatic N) is 1. The van der Waals surface area contributed by atoms with Gasteiger partial charge in [-0.15, -0.1) is 0 Å². The minimum atomic E-state index is -3.62. The molecule has 0 spiro atoms. The minimum Gasteiger partial charge on any atom is -0.381 e. The van der Waals surface area contributed by atoms with Gasteiger partial charge in [-0.1, -0.05) is 81.1 Å². The molecule has 13 nitrogen and oxygen atoms in total. The summed E-state index contributed by atoms with van der Waals surface area (Å²) in [5.74, 6) is -2.25. The Morgan fingerprint density at radius 1 is 0.925 bits per heavy atom. The van der Waals surface area contributed by atoms with Gasteiger partial charge in [-0.2, -0.15) is 0 Å². The zero-order valence-corrected chi connectivity index (χ0v) is 33.2. The molecule has 0 radical (unpaired) electrons. The molecule has 3 saturated carbocycles. The van der Waals surface area contributed by atoms with Gasteiger partial charge in [0.25, 0.3) is 5.91 Å². The Morgan fingerprint density at radius 2 is 1.55 bits per heavy atom. The zero-order valence-electron chi connectivity index (χ0n) is 32.4. The summed E-state index contributed by atoms with van der Waals surface area (Å²) in [6.07, 6.45) is 7.28. The molecule has 53 heavy (non-hydrogen) atoms. The van der Waals surface area contributed by atoms with Crippen LogP contribution in [-0.4, -0.2) is 103 Å². The highest BCUT2D eigenvalue weighted by molar-refractivity contribution is 7.92. The van der Waals surface area contributed by atoms with Crippen LogP contribution in [-0.2, 0) is 33.8 Å². The normalized spacial score (nSPS) is 26.8. The number of sulfone groups is 1. The molecule has 0 aromatic heterocycles. The van der Waals surface area contributed by atoms with E-state index < -0.39 is 73.2 Å². The number of fused-ring (bicyclic) bond motifs is 1. The van der Waals surface area contributed by atoms with Gasteiger partial charge in [-0.25, -0.2) is 13.2 Å². The van der Waals surface area contributed by atoms with Crippen molar-refractivity contribution in [1.29, 1.82) is 0 Å². The molecule has 302 valence electrons. The van der Waals surface area contributed by atoms with Crippen LogP contribution in [0.1, 0.15) is 127 Å². The van der Waals surface area contributed by atoms with Crippen molar-refractivity contribution >= 4 is 39.4 Å². The van der Waals surface area contributed by atoms with Gasteiger partial charge in [-0.05, 0) is 74.0 Å². The van der Waals surface area contributed by atoms with Crippen LogP contribution >= 0.6 is 0 Å². The number of rotatable bonds is 14. The van der Waals surface area contributed by atoms with Crippen molar-refractivity contribution in [3.8, 4) is 0 Å². The third-order valence-electron chi connectivity index (χ3n) is 12.8. The molecule has 4 N–H and O–H groups in total. The summed E-state index contributed by atoms with van der Waals surface area (Å²) >= 11 is 0. The van der Waals surface area contributed by atoms with Crippen molar-refractivity contribution < 1.29 is 37.1 Å². The Kier molecular flexibility index (Phi) is 13.1. The quantitative estimate of drug-likeness (QED) is 0.192. The molecule has 2 saturated heterocycles. The average molecular weight is 766 g/mol. The maximum Gasteiger partial charge on any atom is 0.315 e. The van der Waals surface area contributed by atoms with Crippen LogP contribution in [0, 0.1) is 28.6 Å². The third-order valence-corrected chi connectivity index (χ3v) is 15.6. The average Bonchev–Trinajstić information content (AvgIpc) is 3.92. The largest absolute Gasteiger partial charge is 0.381 e. The van der Waals surface area contributed by atoms with E-state index in [0.29, 0.717) is 64.8 Å².